The van der Waals surface area contributed by atoms with Crippen LogP contribution in [0.4, 0.5) is 10.5 Å². The summed E-state index contributed by atoms with van der Waals surface area (Å²) in [7, 11) is -1.13. The number of nitrogens with one attached hydrogen (secondary N) is 3. The number of amides is 2. The van der Waals surface area contributed by atoms with Gasteiger partial charge in [0.1, 0.15) is 0 Å². The minimum Gasteiger partial charge on any atom is -0.493 e. The molecule has 0 unspecified atom stereocenters. The molecular formula is C24H27N5O6S. The zero-order chi connectivity index (χ0) is 25.3. The normalized spacial score (nSPS) is 14.3. The Morgan fingerprint density at radius 3 is 2.36 bits per heavy atom. The Labute approximate surface area is 208 Å². The standard InChI is InChI=1S/C24H27N5O6S/c1-33-19-10-9-16(12-20(19)34-2)23-26-21(35-28-23)13-25-36(31,32)29-24(30)27-22-17-7-3-5-14(17)11-15-6-4-8-18(15)22/h9-12,25H,3-8,13H2,1-2H3,(H2,27,29,30). The Morgan fingerprint density at radius 1 is 1.00 bits per heavy atom. The van der Waals surface area contributed by atoms with Gasteiger partial charge in [-0.1, -0.05) is 11.2 Å². The van der Waals surface area contributed by atoms with Crippen molar-refractivity contribution in [3.63, 3.8) is 0 Å². The van der Waals surface area contributed by atoms with E-state index in [0.29, 0.717) is 17.1 Å². The highest BCUT2D eigenvalue weighted by Crippen LogP contribution is 2.38. The van der Waals surface area contributed by atoms with Crippen LogP contribution in [0.1, 0.15) is 41.0 Å². The third kappa shape index (κ3) is 4.86. The van der Waals surface area contributed by atoms with Crippen LogP contribution in [0, 0.1) is 0 Å². The molecule has 2 aromatic carbocycles. The van der Waals surface area contributed by atoms with Crippen molar-refractivity contribution in [2.75, 3.05) is 19.5 Å². The molecule has 0 saturated heterocycles. The molecule has 0 saturated carbocycles. The molecule has 2 amide bonds. The number of anilines is 1. The molecule has 1 aromatic heterocycles. The number of carbonyl (C=O) groups is 1. The van der Waals surface area contributed by atoms with Crippen molar-refractivity contribution in [2.24, 2.45) is 0 Å². The lowest BCUT2D eigenvalue weighted by Gasteiger charge is -2.16. The molecule has 5 rings (SSSR count). The van der Waals surface area contributed by atoms with Gasteiger partial charge in [0, 0.05) is 11.3 Å². The molecule has 3 N–H and O–H groups in total. The Bertz CT molecular complexity index is 1390. The first-order valence-corrected chi connectivity index (χ1v) is 13.1. The van der Waals surface area contributed by atoms with Gasteiger partial charge in [-0.05, 0) is 79.0 Å². The number of fused-ring (bicyclic) bond motifs is 2. The SMILES string of the molecule is COc1ccc(-c2noc(CNS(=O)(=O)NC(=O)Nc3c4c(cc5c3CCC5)CCC4)n2)cc1OC. The first-order valence-electron chi connectivity index (χ1n) is 11.7. The zero-order valence-corrected chi connectivity index (χ0v) is 20.8. The van der Waals surface area contributed by atoms with Crippen LogP contribution in [0.15, 0.2) is 28.8 Å². The third-order valence-electron chi connectivity index (χ3n) is 6.46. The number of nitrogens with zero attached hydrogens (tertiary/aromatic N) is 2. The van der Waals surface area contributed by atoms with Gasteiger partial charge >= 0.3 is 16.2 Å². The Kier molecular flexibility index (Phi) is 6.54. The van der Waals surface area contributed by atoms with Crippen molar-refractivity contribution in [2.45, 2.75) is 45.1 Å². The molecule has 0 fully saturated rings. The van der Waals surface area contributed by atoms with Crippen molar-refractivity contribution in [3.8, 4) is 22.9 Å². The quantitative estimate of drug-likeness (QED) is 0.417. The fraction of sp³-hybridized carbons (Fsp3) is 0.375. The smallest absolute Gasteiger partial charge is 0.333 e. The van der Waals surface area contributed by atoms with Crippen molar-refractivity contribution in [3.05, 3.63) is 52.4 Å². The van der Waals surface area contributed by atoms with Gasteiger partial charge < -0.3 is 19.3 Å². The molecule has 36 heavy (non-hydrogen) atoms. The lowest BCUT2D eigenvalue weighted by Crippen LogP contribution is -2.42. The number of urea groups is 1. The number of hydrogen-bond acceptors (Lipinski definition) is 8. The predicted octanol–water partition coefficient (Wildman–Crippen LogP) is 2.89. The molecule has 0 radical (unpaired) electrons. The van der Waals surface area contributed by atoms with Crippen LogP contribution in [-0.2, 0) is 42.4 Å². The van der Waals surface area contributed by atoms with Gasteiger partial charge in [-0.3, -0.25) is 0 Å². The molecule has 1 heterocycles. The average Bonchev–Trinajstić information content (AvgIpc) is 3.62. The molecule has 0 bridgehead atoms. The lowest BCUT2D eigenvalue weighted by atomic mass is 9.99. The molecule has 12 heteroatoms. The number of carbonyl (C=O) groups excluding carboxylic acids is 1. The zero-order valence-electron chi connectivity index (χ0n) is 20.0. The van der Waals surface area contributed by atoms with Crippen molar-refractivity contribution >= 4 is 21.9 Å². The highest BCUT2D eigenvalue weighted by atomic mass is 32.2. The molecule has 2 aliphatic carbocycles. The van der Waals surface area contributed by atoms with Gasteiger partial charge in [-0.2, -0.15) is 18.1 Å². The van der Waals surface area contributed by atoms with E-state index in [4.69, 9.17) is 14.0 Å². The van der Waals surface area contributed by atoms with Crippen molar-refractivity contribution in [1.82, 2.24) is 19.6 Å². The van der Waals surface area contributed by atoms with Crippen LogP contribution >= 0.6 is 0 Å². The summed E-state index contributed by atoms with van der Waals surface area (Å²) in [5, 5.41) is 6.68. The van der Waals surface area contributed by atoms with Crippen LogP contribution in [0.2, 0.25) is 0 Å². The van der Waals surface area contributed by atoms with E-state index in [1.54, 1.807) is 18.2 Å². The van der Waals surface area contributed by atoms with E-state index in [1.807, 2.05) is 4.72 Å². The molecule has 0 aliphatic heterocycles. The van der Waals surface area contributed by atoms with Crippen LogP contribution < -0.4 is 24.2 Å². The number of aromatic nitrogens is 2. The monoisotopic (exact) mass is 513 g/mol. The Hall–Kier alpha value is -3.64. The van der Waals surface area contributed by atoms with E-state index in [-0.39, 0.29) is 18.3 Å². The molecule has 11 nitrogen and oxygen atoms in total. The molecular weight excluding hydrogens is 486 g/mol. The van der Waals surface area contributed by atoms with E-state index in [9.17, 15) is 13.2 Å². The fourth-order valence-corrected chi connectivity index (χ4v) is 5.52. The fourth-order valence-electron chi connectivity index (χ4n) is 4.84. The summed E-state index contributed by atoms with van der Waals surface area (Å²) >= 11 is 0. The van der Waals surface area contributed by atoms with E-state index < -0.39 is 16.2 Å². The third-order valence-corrected chi connectivity index (χ3v) is 7.44. The summed E-state index contributed by atoms with van der Waals surface area (Å²) in [6, 6.07) is 6.54. The van der Waals surface area contributed by atoms with Gasteiger partial charge in [0.25, 0.3) is 0 Å². The Morgan fingerprint density at radius 2 is 1.69 bits per heavy atom. The number of methoxy groups -OCH3 is 2. The van der Waals surface area contributed by atoms with Gasteiger partial charge in [0.2, 0.25) is 11.7 Å². The number of ether oxygens (including phenoxy) is 2. The van der Waals surface area contributed by atoms with E-state index in [2.05, 4.69) is 26.2 Å². The topological polar surface area (TPSA) is 145 Å². The maximum absolute atomic E-state index is 12.6. The number of rotatable bonds is 8. The highest BCUT2D eigenvalue weighted by Gasteiger charge is 2.26. The number of aryl methyl sites for hydroxylation is 2. The van der Waals surface area contributed by atoms with Crippen LogP contribution in [0.3, 0.4) is 0 Å². The first kappa shape index (κ1) is 24.1. The Balaban J connectivity index is 1.22. The first-order chi connectivity index (χ1) is 17.4. The summed E-state index contributed by atoms with van der Waals surface area (Å²) in [4.78, 5) is 16.8. The summed E-state index contributed by atoms with van der Waals surface area (Å²) in [6.07, 6.45) is 5.78. The number of benzene rings is 2. The van der Waals surface area contributed by atoms with E-state index in [1.165, 1.54) is 25.3 Å². The molecule has 3 aromatic rings. The van der Waals surface area contributed by atoms with Crippen molar-refractivity contribution in [1.29, 1.82) is 0 Å². The minimum atomic E-state index is -4.18. The lowest BCUT2D eigenvalue weighted by molar-refractivity contribution is 0.256. The van der Waals surface area contributed by atoms with Crippen LogP contribution in [0.5, 0.6) is 11.5 Å². The van der Waals surface area contributed by atoms with Crippen molar-refractivity contribution < 1.29 is 27.2 Å². The van der Waals surface area contributed by atoms with Gasteiger partial charge in [-0.25, -0.2) is 9.52 Å². The van der Waals surface area contributed by atoms with Gasteiger partial charge in [-0.15, -0.1) is 0 Å². The summed E-state index contributed by atoms with van der Waals surface area (Å²) in [5.41, 5.74) is 6.09. The molecule has 0 spiro atoms. The second kappa shape index (κ2) is 9.78. The summed E-state index contributed by atoms with van der Waals surface area (Å²) < 4.78 is 44.9. The van der Waals surface area contributed by atoms with Crippen LogP contribution in [-0.4, -0.2) is 38.8 Å². The van der Waals surface area contributed by atoms with Gasteiger partial charge in [0.05, 0.1) is 20.8 Å². The summed E-state index contributed by atoms with van der Waals surface area (Å²) in [6.45, 7) is -0.293. The van der Waals surface area contributed by atoms with Crippen LogP contribution in [0.25, 0.3) is 11.4 Å². The molecule has 0 atom stereocenters. The maximum Gasteiger partial charge on any atom is 0.333 e. The summed E-state index contributed by atoms with van der Waals surface area (Å²) in [5.74, 6) is 1.33. The largest absolute Gasteiger partial charge is 0.493 e. The molecule has 2 aliphatic rings. The van der Waals surface area contributed by atoms with E-state index in [0.717, 1.165) is 55.3 Å². The second-order valence-corrected chi connectivity index (χ2v) is 10.2. The predicted molar refractivity (Wildman–Crippen MR) is 131 cm³/mol. The number of hydrogen-bond donors (Lipinski definition) is 3. The van der Waals surface area contributed by atoms with E-state index >= 15 is 0 Å². The molecule has 190 valence electrons. The minimum absolute atomic E-state index is 0.0317. The highest BCUT2D eigenvalue weighted by molar-refractivity contribution is 7.88. The maximum atomic E-state index is 12.6. The second-order valence-electron chi connectivity index (χ2n) is 8.70. The average molecular weight is 514 g/mol. The van der Waals surface area contributed by atoms with Gasteiger partial charge in [0.15, 0.2) is 11.5 Å².